The van der Waals surface area contributed by atoms with Crippen molar-refractivity contribution >= 4 is 5.96 Å². The van der Waals surface area contributed by atoms with Crippen LogP contribution in [0.5, 0.6) is 0 Å². The molecule has 2 aromatic rings. The molecule has 0 aliphatic heterocycles. The van der Waals surface area contributed by atoms with Crippen LogP contribution in [0, 0.1) is 0 Å². The Morgan fingerprint density at radius 1 is 1.24 bits per heavy atom. The van der Waals surface area contributed by atoms with E-state index in [2.05, 4.69) is 70.4 Å². The zero-order valence-electron chi connectivity index (χ0n) is 15.6. The molecule has 1 aromatic carbocycles. The summed E-state index contributed by atoms with van der Waals surface area (Å²) in [6, 6.07) is 10.9. The summed E-state index contributed by atoms with van der Waals surface area (Å²) in [5.41, 5.74) is 1.31. The molecule has 2 rings (SSSR count). The fraction of sp³-hybridized carbons (Fsp3) is 0.526. The van der Waals surface area contributed by atoms with Gasteiger partial charge in [0.1, 0.15) is 12.2 Å². The average molecular weight is 342 g/mol. The highest BCUT2D eigenvalue weighted by Gasteiger charge is 2.05. The van der Waals surface area contributed by atoms with Crippen molar-refractivity contribution in [1.29, 1.82) is 0 Å². The Labute approximate surface area is 150 Å². The molecule has 25 heavy (non-hydrogen) atoms. The van der Waals surface area contributed by atoms with Crippen LogP contribution in [0.15, 0.2) is 41.7 Å². The van der Waals surface area contributed by atoms with Gasteiger partial charge >= 0.3 is 0 Å². The van der Waals surface area contributed by atoms with Crippen LogP contribution in [0.1, 0.15) is 38.6 Å². The maximum atomic E-state index is 4.72. The maximum Gasteiger partial charge on any atom is 0.191 e. The number of nitrogens with zero attached hydrogens (tertiary/aromatic N) is 4. The summed E-state index contributed by atoms with van der Waals surface area (Å²) in [7, 11) is 0. The number of nitrogens with one attached hydrogen (secondary N) is 2. The minimum Gasteiger partial charge on any atom is -0.355 e. The highest BCUT2D eigenvalue weighted by molar-refractivity contribution is 5.80. The zero-order chi connectivity index (χ0) is 17.9. The molecule has 0 saturated heterocycles. The summed E-state index contributed by atoms with van der Waals surface area (Å²) in [6.07, 6.45) is 4.68. The van der Waals surface area contributed by atoms with Crippen LogP contribution < -0.4 is 10.6 Å². The highest BCUT2D eigenvalue weighted by Crippen LogP contribution is 2.00. The summed E-state index contributed by atoms with van der Waals surface area (Å²) in [6.45, 7) is 8.82. The fourth-order valence-corrected chi connectivity index (χ4v) is 2.46. The second-order valence-electron chi connectivity index (χ2n) is 6.14. The van der Waals surface area contributed by atoms with Crippen LogP contribution in [-0.4, -0.2) is 39.9 Å². The smallest absolute Gasteiger partial charge is 0.191 e. The summed E-state index contributed by atoms with van der Waals surface area (Å²) in [4.78, 5) is 4.72. The standard InChI is InChI=1S/C19H30N6/c1-4-16(3)23-19(20-12-11-17-9-7-6-8-10-17)21-13-14-25-15-22-24-18(25)5-2/h6-10,15-16H,4-5,11-14H2,1-3H3,(H2,20,21,23). The monoisotopic (exact) mass is 342 g/mol. The van der Waals surface area contributed by atoms with E-state index in [1.165, 1.54) is 5.56 Å². The molecular weight excluding hydrogens is 312 g/mol. The van der Waals surface area contributed by atoms with Crippen molar-refractivity contribution < 1.29 is 0 Å². The molecule has 0 aliphatic carbocycles. The third kappa shape index (κ3) is 6.57. The van der Waals surface area contributed by atoms with Crippen molar-refractivity contribution in [2.75, 3.05) is 13.1 Å². The number of hydrogen-bond acceptors (Lipinski definition) is 3. The first kappa shape index (κ1) is 19.0. The van der Waals surface area contributed by atoms with Crippen molar-refractivity contribution in [2.24, 2.45) is 4.99 Å². The molecule has 0 spiro atoms. The van der Waals surface area contributed by atoms with Crippen LogP contribution in [-0.2, 0) is 19.4 Å². The second-order valence-corrected chi connectivity index (χ2v) is 6.14. The van der Waals surface area contributed by atoms with Gasteiger partial charge in [0.25, 0.3) is 0 Å². The van der Waals surface area contributed by atoms with E-state index in [1.54, 1.807) is 6.33 Å². The lowest BCUT2D eigenvalue weighted by molar-refractivity contribution is 0.599. The van der Waals surface area contributed by atoms with Crippen LogP contribution in [0.4, 0.5) is 0 Å². The number of aryl methyl sites for hydroxylation is 1. The van der Waals surface area contributed by atoms with Crippen LogP contribution in [0.3, 0.4) is 0 Å². The molecular formula is C19H30N6. The molecule has 0 amide bonds. The number of aromatic nitrogens is 3. The van der Waals surface area contributed by atoms with Gasteiger partial charge in [0.15, 0.2) is 5.96 Å². The van der Waals surface area contributed by atoms with Crippen LogP contribution in [0.25, 0.3) is 0 Å². The van der Waals surface area contributed by atoms with E-state index in [-0.39, 0.29) is 0 Å². The van der Waals surface area contributed by atoms with Crippen molar-refractivity contribution in [1.82, 2.24) is 25.4 Å². The van der Waals surface area contributed by atoms with Gasteiger partial charge in [0.2, 0.25) is 0 Å². The van der Waals surface area contributed by atoms with Gasteiger partial charge < -0.3 is 15.2 Å². The van der Waals surface area contributed by atoms with E-state index < -0.39 is 0 Å². The third-order valence-corrected chi connectivity index (χ3v) is 4.17. The Kier molecular flexibility index (Phi) is 7.95. The SMILES string of the molecule is CCc1nncn1CCNC(=NCCc1ccccc1)NC(C)CC. The Morgan fingerprint density at radius 2 is 2.04 bits per heavy atom. The number of rotatable bonds is 9. The molecule has 0 fully saturated rings. The summed E-state index contributed by atoms with van der Waals surface area (Å²) >= 11 is 0. The van der Waals surface area contributed by atoms with Crippen molar-refractivity contribution in [3.63, 3.8) is 0 Å². The van der Waals surface area contributed by atoms with Crippen LogP contribution in [0.2, 0.25) is 0 Å². The Balaban J connectivity index is 1.87. The minimum atomic E-state index is 0.393. The topological polar surface area (TPSA) is 67.1 Å². The van der Waals surface area contributed by atoms with Gasteiger partial charge in [-0.3, -0.25) is 4.99 Å². The largest absolute Gasteiger partial charge is 0.355 e. The molecule has 136 valence electrons. The van der Waals surface area contributed by atoms with Gasteiger partial charge in [0, 0.05) is 32.1 Å². The quantitative estimate of drug-likeness (QED) is 0.542. The Hall–Kier alpha value is -2.37. The van der Waals surface area contributed by atoms with E-state index in [1.807, 2.05) is 6.07 Å². The summed E-state index contributed by atoms with van der Waals surface area (Å²) in [5.74, 6) is 1.88. The predicted molar refractivity (Wildman–Crippen MR) is 103 cm³/mol. The predicted octanol–water partition coefficient (Wildman–Crippen LogP) is 2.42. The van der Waals surface area contributed by atoms with Gasteiger partial charge in [-0.05, 0) is 25.3 Å². The average Bonchev–Trinajstić information content (AvgIpc) is 3.09. The second kappa shape index (κ2) is 10.5. The van der Waals surface area contributed by atoms with Crippen molar-refractivity contribution in [3.8, 4) is 0 Å². The first-order chi connectivity index (χ1) is 12.2. The van der Waals surface area contributed by atoms with E-state index in [9.17, 15) is 0 Å². The third-order valence-electron chi connectivity index (χ3n) is 4.17. The van der Waals surface area contributed by atoms with E-state index in [0.29, 0.717) is 6.04 Å². The van der Waals surface area contributed by atoms with E-state index in [4.69, 9.17) is 4.99 Å². The Morgan fingerprint density at radius 3 is 2.76 bits per heavy atom. The highest BCUT2D eigenvalue weighted by atomic mass is 15.3. The molecule has 1 unspecified atom stereocenters. The Bertz CT molecular complexity index is 634. The van der Waals surface area contributed by atoms with Gasteiger partial charge in [-0.1, -0.05) is 44.2 Å². The first-order valence-corrected chi connectivity index (χ1v) is 9.18. The zero-order valence-corrected chi connectivity index (χ0v) is 15.6. The lowest BCUT2D eigenvalue weighted by atomic mass is 10.2. The molecule has 0 bridgehead atoms. The molecule has 1 aromatic heterocycles. The van der Waals surface area contributed by atoms with Crippen LogP contribution >= 0.6 is 0 Å². The molecule has 0 radical (unpaired) electrons. The van der Waals surface area contributed by atoms with Crippen molar-refractivity contribution in [3.05, 3.63) is 48.0 Å². The molecule has 0 saturated carbocycles. The fourth-order valence-electron chi connectivity index (χ4n) is 2.46. The lowest BCUT2D eigenvalue weighted by Gasteiger charge is -2.17. The first-order valence-electron chi connectivity index (χ1n) is 9.18. The van der Waals surface area contributed by atoms with E-state index >= 15 is 0 Å². The summed E-state index contributed by atoms with van der Waals surface area (Å²) < 4.78 is 2.08. The molecule has 2 N–H and O–H groups in total. The molecule has 6 heteroatoms. The normalized spacial score (nSPS) is 12.8. The van der Waals surface area contributed by atoms with Gasteiger partial charge in [0.05, 0.1) is 0 Å². The minimum absolute atomic E-state index is 0.393. The molecule has 1 atom stereocenters. The molecule has 1 heterocycles. The van der Waals surface area contributed by atoms with Gasteiger partial charge in [-0.25, -0.2) is 0 Å². The lowest BCUT2D eigenvalue weighted by Crippen LogP contribution is -2.43. The molecule has 0 aliphatic rings. The van der Waals surface area contributed by atoms with Crippen molar-refractivity contribution in [2.45, 2.75) is 52.6 Å². The van der Waals surface area contributed by atoms with E-state index in [0.717, 1.165) is 50.7 Å². The summed E-state index contributed by atoms with van der Waals surface area (Å²) in [5, 5.41) is 15.0. The number of hydrogen-bond donors (Lipinski definition) is 2. The van der Waals surface area contributed by atoms with Gasteiger partial charge in [-0.15, -0.1) is 10.2 Å². The number of guanidine groups is 1. The number of benzene rings is 1. The maximum absolute atomic E-state index is 4.72. The van der Waals surface area contributed by atoms with Gasteiger partial charge in [-0.2, -0.15) is 0 Å². The molecule has 6 nitrogen and oxygen atoms in total. The number of aliphatic imine (C=N–C) groups is 1.